The molecule has 1 heterocycles. The van der Waals surface area contributed by atoms with Crippen LogP contribution in [0.1, 0.15) is 11.3 Å². The van der Waals surface area contributed by atoms with Gasteiger partial charge in [0.25, 0.3) is 0 Å². The second-order valence-corrected chi connectivity index (χ2v) is 4.20. The average Bonchev–Trinajstić information content (AvgIpc) is 2.49. The van der Waals surface area contributed by atoms with Gasteiger partial charge in [0, 0.05) is 18.7 Å². The summed E-state index contributed by atoms with van der Waals surface area (Å²) < 4.78 is 5.09. The second-order valence-electron chi connectivity index (χ2n) is 4.20. The maximum absolute atomic E-state index is 11.6. The van der Waals surface area contributed by atoms with Crippen LogP contribution in [-0.4, -0.2) is 22.8 Å². The summed E-state index contributed by atoms with van der Waals surface area (Å²) in [7, 11) is 0. The van der Waals surface area contributed by atoms with E-state index in [1.54, 1.807) is 12.1 Å². The third-order valence-electron chi connectivity index (χ3n) is 2.65. The van der Waals surface area contributed by atoms with E-state index in [0.717, 1.165) is 11.3 Å². The van der Waals surface area contributed by atoms with Crippen molar-refractivity contribution < 1.29 is 14.6 Å². The molecule has 0 spiro atoms. The first kappa shape index (κ1) is 14.0. The summed E-state index contributed by atoms with van der Waals surface area (Å²) in [6.45, 7) is 0.279. The molecule has 20 heavy (non-hydrogen) atoms. The first-order chi connectivity index (χ1) is 9.78. The number of nitrogens with one attached hydrogen (secondary N) is 1. The van der Waals surface area contributed by atoms with E-state index in [4.69, 9.17) is 9.84 Å². The third kappa shape index (κ3) is 4.37. The zero-order valence-electron chi connectivity index (χ0n) is 11.0. The van der Waals surface area contributed by atoms with Gasteiger partial charge in [-0.3, -0.25) is 10.3 Å². The summed E-state index contributed by atoms with van der Waals surface area (Å²) in [5.41, 5.74) is 2.26. The fourth-order valence-corrected chi connectivity index (χ4v) is 1.64. The molecule has 5 nitrogen and oxygen atoms in total. The monoisotopic (exact) mass is 272 g/mol. The van der Waals surface area contributed by atoms with Gasteiger partial charge in [0.2, 0.25) is 0 Å². The Morgan fingerprint density at radius 3 is 2.65 bits per heavy atom. The fourth-order valence-electron chi connectivity index (χ4n) is 1.64. The maximum atomic E-state index is 11.6. The Kier molecular flexibility index (Phi) is 5.08. The predicted molar refractivity (Wildman–Crippen MR) is 75.3 cm³/mol. The molecule has 2 rings (SSSR count). The van der Waals surface area contributed by atoms with E-state index < -0.39 is 6.09 Å². The fraction of sp³-hybridized carbons (Fsp3) is 0.200. The van der Waals surface area contributed by atoms with Crippen molar-refractivity contribution in [2.24, 2.45) is 0 Å². The molecule has 1 amide bonds. The Bertz CT molecular complexity index is 541. The van der Waals surface area contributed by atoms with Crippen LogP contribution in [0.5, 0.6) is 0 Å². The van der Waals surface area contributed by atoms with Gasteiger partial charge >= 0.3 is 6.09 Å². The van der Waals surface area contributed by atoms with Crippen LogP contribution in [0, 0.1) is 0 Å². The van der Waals surface area contributed by atoms with Crippen molar-refractivity contribution in [2.45, 2.75) is 13.0 Å². The molecule has 2 aromatic rings. The van der Waals surface area contributed by atoms with Gasteiger partial charge < -0.3 is 9.84 Å². The topological polar surface area (TPSA) is 71.5 Å². The smallest absolute Gasteiger partial charge is 0.412 e. The van der Waals surface area contributed by atoms with Crippen LogP contribution in [0.2, 0.25) is 0 Å². The van der Waals surface area contributed by atoms with Gasteiger partial charge in [-0.05, 0) is 17.7 Å². The molecule has 0 saturated carbocycles. The number of carbonyl (C=O) groups is 1. The van der Waals surface area contributed by atoms with Gasteiger partial charge in [-0.25, -0.2) is 4.79 Å². The molecular formula is C15H16N2O3. The summed E-state index contributed by atoms with van der Waals surface area (Å²) in [4.78, 5) is 15.7. The highest BCUT2D eigenvalue weighted by atomic mass is 16.5. The van der Waals surface area contributed by atoms with Crippen LogP contribution in [0.15, 0.2) is 48.7 Å². The number of hydrogen-bond donors (Lipinski definition) is 2. The predicted octanol–water partition coefficient (Wildman–Crippen LogP) is 2.37. The number of aliphatic hydroxyl groups is 1. The first-order valence-corrected chi connectivity index (χ1v) is 6.31. The van der Waals surface area contributed by atoms with Crippen LogP contribution >= 0.6 is 0 Å². The Morgan fingerprint density at radius 1 is 1.20 bits per heavy atom. The lowest BCUT2D eigenvalue weighted by molar-refractivity contribution is 0.155. The molecule has 0 aliphatic heterocycles. The Labute approximate surface area is 117 Å². The largest absolute Gasteiger partial charge is 0.444 e. The first-order valence-electron chi connectivity index (χ1n) is 6.31. The number of hydrogen-bond acceptors (Lipinski definition) is 4. The number of ether oxygens (including phenoxy) is 1. The highest BCUT2D eigenvalue weighted by molar-refractivity contribution is 5.84. The lowest BCUT2D eigenvalue weighted by Crippen LogP contribution is -2.13. The van der Waals surface area contributed by atoms with Crippen molar-refractivity contribution in [2.75, 3.05) is 11.9 Å². The number of amides is 1. The molecule has 0 aliphatic carbocycles. The molecule has 0 fully saturated rings. The van der Waals surface area contributed by atoms with Gasteiger partial charge in [0.1, 0.15) is 6.61 Å². The van der Waals surface area contributed by atoms with Crippen molar-refractivity contribution in [3.63, 3.8) is 0 Å². The summed E-state index contributed by atoms with van der Waals surface area (Å²) in [6, 6.07) is 12.9. The van der Waals surface area contributed by atoms with E-state index in [-0.39, 0.29) is 13.2 Å². The number of aromatic nitrogens is 1. The molecule has 2 N–H and O–H groups in total. The van der Waals surface area contributed by atoms with Crippen molar-refractivity contribution in [1.29, 1.82) is 0 Å². The molecule has 0 atom stereocenters. The Hall–Kier alpha value is -2.40. The van der Waals surface area contributed by atoms with Crippen LogP contribution in [-0.2, 0) is 17.8 Å². The van der Waals surface area contributed by atoms with Gasteiger partial charge in [0.05, 0.1) is 11.9 Å². The second kappa shape index (κ2) is 7.25. The van der Waals surface area contributed by atoms with Gasteiger partial charge in [0.15, 0.2) is 0 Å². The average molecular weight is 272 g/mol. The van der Waals surface area contributed by atoms with Gasteiger partial charge in [-0.2, -0.15) is 0 Å². The summed E-state index contributed by atoms with van der Waals surface area (Å²) in [5, 5.41) is 11.4. The highest BCUT2D eigenvalue weighted by Gasteiger charge is 2.04. The van der Waals surface area contributed by atoms with Crippen molar-refractivity contribution >= 4 is 11.8 Å². The number of carbonyl (C=O) groups excluding carboxylic acids is 1. The van der Waals surface area contributed by atoms with Crippen LogP contribution in [0.4, 0.5) is 10.5 Å². The molecule has 1 aromatic carbocycles. The number of pyridine rings is 1. The molecule has 0 aliphatic rings. The minimum atomic E-state index is -0.523. The molecule has 5 heteroatoms. The van der Waals surface area contributed by atoms with E-state index in [9.17, 15) is 4.79 Å². The van der Waals surface area contributed by atoms with Crippen LogP contribution in [0.25, 0.3) is 0 Å². The zero-order chi connectivity index (χ0) is 14.2. The number of benzene rings is 1. The Morgan fingerprint density at radius 2 is 2.00 bits per heavy atom. The highest BCUT2D eigenvalue weighted by Crippen LogP contribution is 2.08. The van der Waals surface area contributed by atoms with Crippen LogP contribution < -0.4 is 5.32 Å². The maximum Gasteiger partial charge on any atom is 0.412 e. The molecule has 104 valence electrons. The van der Waals surface area contributed by atoms with Gasteiger partial charge in [-0.15, -0.1) is 0 Å². The number of aliphatic hydroxyl groups excluding tert-OH is 1. The molecule has 0 radical (unpaired) electrons. The number of anilines is 1. The SMILES string of the molecule is O=C(Nc1ccc(CCO)nc1)OCc1ccccc1. The lowest BCUT2D eigenvalue weighted by atomic mass is 10.2. The van der Waals surface area contributed by atoms with Gasteiger partial charge in [-0.1, -0.05) is 30.3 Å². The van der Waals surface area contributed by atoms with Crippen molar-refractivity contribution in [3.05, 3.63) is 59.9 Å². The van der Waals surface area contributed by atoms with Crippen molar-refractivity contribution in [3.8, 4) is 0 Å². The third-order valence-corrected chi connectivity index (χ3v) is 2.65. The Balaban J connectivity index is 1.82. The van der Waals surface area contributed by atoms with E-state index >= 15 is 0 Å². The van der Waals surface area contributed by atoms with E-state index in [2.05, 4.69) is 10.3 Å². The zero-order valence-corrected chi connectivity index (χ0v) is 11.0. The van der Waals surface area contributed by atoms with E-state index in [0.29, 0.717) is 12.1 Å². The molecular weight excluding hydrogens is 256 g/mol. The summed E-state index contributed by atoms with van der Waals surface area (Å²) in [5.74, 6) is 0. The lowest BCUT2D eigenvalue weighted by Gasteiger charge is -2.07. The minimum absolute atomic E-state index is 0.0545. The number of rotatable bonds is 5. The summed E-state index contributed by atoms with van der Waals surface area (Å²) >= 11 is 0. The molecule has 1 aromatic heterocycles. The molecule has 0 unspecified atom stereocenters. The van der Waals surface area contributed by atoms with Crippen LogP contribution in [0.3, 0.4) is 0 Å². The normalized spacial score (nSPS) is 10.1. The molecule has 0 saturated heterocycles. The summed E-state index contributed by atoms with van der Waals surface area (Å²) in [6.07, 6.45) is 1.51. The number of nitrogens with zero attached hydrogens (tertiary/aromatic N) is 1. The van der Waals surface area contributed by atoms with E-state index in [1.807, 2.05) is 30.3 Å². The molecule has 0 bridgehead atoms. The quantitative estimate of drug-likeness (QED) is 0.876. The minimum Gasteiger partial charge on any atom is -0.444 e. The van der Waals surface area contributed by atoms with E-state index in [1.165, 1.54) is 6.20 Å². The standard InChI is InChI=1S/C15H16N2O3/c18-9-8-13-6-7-14(10-16-13)17-15(19)20-11-12-4-2-1-3-5-12/h1-7,10,18H,8-9,11H2,(H,17,19). The van der Waals surface area contributed by atoms with Crippen molar-refractivity contribution in [1.82, 2.24) is 4.98 Å².